The molecular formula is C8H7ClN2O. The molecule has 62 valence electrons. The summed E-state index contributed by atoms with van der Waals surface area (Å²) >= 11 is 5.79. The van der Waals surface area contributed by atoms with E-state index >= 15 is 0 Å². The normalized spacial score (nSPS) is 14.6. The number of rotatable bonds is 1. The number of nitroso groups, excluding NO2 is 1. The van der Waals surface area contributed by atoms with Crippen molar-refractivity contribution in [1.29, 1.82) is 0 Å². The van der Waals surface area contributed by atoms with Gasteiger partial charge >= 0.3 is 0 Å². The molecule has 0 spiro atoms. The molecule has 1 aromatic carbocycles. The molecule has 2 rings (SSSR count). The van der Waals surface area contributed by atoms with Gasteiger partial charge in [0.25, 0.3) is 0 Å². The first-order valence-electron chi connectivity index (χ1n) is 3.70. The topological polar surface area (TPSA) is 32.7 Å². The molecule has 0 bridgehead atoms. The minimum atomic E-state index is 0.666. The molecule has 0 fully saturated rings. The van der Waals surface area contributed by atoms with Gasteiger partial charge in [0.2, 0.25) is 0 Å². The molecule has 0 atom stereocenters. The van der Waals surface area contributed by atoms with Crippen LogP contribution in [0.15, 0.2) is 23.5 Å². The van der Waals surface area contributed by atoms with Crippen LogP contribution in [0.1, 0.15) is 5.56 Å². The highest BCUT2D eigenvalue weighted by Gasteiger charge is 2.19. The van der Waals surface area contributed by atoms with Crippen LogP contribution < -0.4 is 5.01 Å². The maximum absolute atomic E-state index is 10.3. The Kier molecular flexibility index (Phi) is 1.73. The standard InChI is InChI=1S/C8H7ClN2O/c9-7-1-2-8-6(5-7)3-4-11(8)10-12/h1-2,5H,3-4H2. The maximum Gasteiger partial charge on any atom is 0.0660 e. The van der Waals surface area contributed by atoms with Crippen LogP contribution in [0.3, 0.4) is 0 Å². The molecule has 1 heterocycles. The Morgan fingerprint density at radius 1 is 1.50 bits per heavy atom. The molecule has 0 saturated heterocycles. The summed E-state index contributed by atoms with van der Waals surface area (Å²) in [4.78, 5) is 10.3. The second-order valence-electron chi connectivity index (χ2n) is 2.73. The number of benzene rings is 1. The summed E-state index contributed by atoms with van der Waals surface area (Å²) in [5, 5.41) is 5.06. The van der Waals surface area contributed by atoms with E-state index in [9.17, 15) is 4.91 Å². The molecule has 0 amide bonds. The first-order valence-corrected chi connectivity index (χ1v) is 4.08. The zero-order chi connectivity index (χ0) is 8.55. The minimum Gasteiger partial charge on any atom is -0.229 e. The van der Waals surface area contributed by atoms with Gasteiger partial charge in [-0.2, -0.15) is 0 Å². The minimum absolute atomic E-state index is 0.666. The largest absolute Gasteiger partial charge is 0.229 e. The fraction of sp³-hybridized carbons (Fsp3) is 0.250. The van der Waals surface area contributed by atoms with Gasteiger partial charge in [-0.3, -0.25) is 0 Å². The van der Waals surface area contributed by atoms with Crippen LogP contribution in [0.4, 0.5) is 5.69 Å². The van der Waals surface area contributed by atoms with Crippen LogP contribution in [0, 0.1) is 4.91 Å². The molecule has 0 saturated carbocycles. The maximum atomic E-state index is 10.3. The smallest absolute Gasteiger partial charge is 0.0660 e. The lowest BCUT2D eigenvalue weighted by molar-refractivity contribution is 0.885. The highest BCUT2D eigenvalue weighted by molar-refractivity contribution is 6.30. The Morgan fingerprint density at radius 3 is 3.08 bits per heavy atom. The Hall–Kier alpha value is -1.09. The third-order valence-corrected chi connectivity index (χ3v) is 2.25. The van der Waals surface area contributed by atoms with Crippen molar-refractivity contribution in [3.63, 3.8) is 0 Å². The van der Waals surface area contributed by atoms with Crippen molar-refractivity contribution in [2.45, 2.75) is 6.42 Å². The van der Waals surface area contributed by atoms with Crippen LogP contribution in [0.25, 0.3) is 0 Å². The number of hydrogen-bond donors (Lipinski definition) is 0. The summed E-state index contributed by atoms with van der Waals surface area (Å²) in [5.41, 5.74) is 1.98. The third kappa shape index (κ3) is 1.06. The van der Waals surface area contributed by atoms with Gasteiger partial charge in [0.15, 0.2) is 0 Å². The third-order valence-electron chi connectivity index (χ3n) is 2.01. The fourth-order valence-corrected chi connectivity index (χ4v) is 1.63. The molecular weight excluding hydrogens is 176 g/mol. The first kappa shape index (κ1) is 7.55. The lowest BCUT2D eigenvalue weighted by atomic mass is 10.2. The molecule has 1 aromatic rings. The van der Waals surface area contributed by atoms with Gasteiger partial charge in [0, 0.05) is 11.6 Å². The van der Waals surface area contributed by atoms with Gasteiger partial charge in [-0.1, -0.05) is 11.6 Å². The van der Waals surface area contributed by atoms with Crippen LogP contribution >= 0.6 is 11.6 Å². The number of fused-ring (bicyclic) bond motifs is 1. The zero-order valence-electron chi connectivity index (χ0n) is 6.33. The van der Waals surface area contributed by atoms with Crippen molar-refractivity contribution < 1.29 is 0 Å². The quantitative estimate of drug-likeness (QED) is 0.625. The van der Waals surface area contributed by atoms with E-state index in [2.05, 4.69) is 5.29 Å². The lowest BCUT2D eigenvalue weighted by Gasteiger charge is -2.06. The SMILES string of the molecule is O=NN1CCc2cc(Cl)ccc21. The molecule has 0 unspecified atom stereocenters. The first-order chi connectivity index (χ1) is 5.81. The molecule has 0 N–H and O–H groups in total. The molecule has 12 heavy (non-hydrogen) atoms. The van der Waals surface area contributed by atoms with E-state index < -0.39 is 0 Å². The van der Waals surface area contributed by atoms with Crippen LogP contribution in [-0.4, -0.2) is 6.54 Å². The highest BCUT2D eigenvalue weighted by atomic mass is 35.5. The summed E-state index contributed by atoms with van der Waals surface area (Å²) in [5.74, 6) is 0. The second kappa shape index (κ2) is 2.75. The Balaban J connectivity index is 2.47. The fourth-order valence-electron chi connectivity index (χ4n) is 1.44. The number of hydrogen-bond acceptors (Lipinski definition) is 2. The summed E-state index contributed by atoms with van der Waals surface area (Å²) in [6, 6.07) is 5.47. The molecule has 3 nitrogen and oxygen atoms in total. The van der Waals surface area contributed by atoms with Crippen molar-refractivity contribution in [3.8, 4) is 0 Å². The average Bonchev–Trinajstić information content (AvgIpc) is 2.46. The van der Waals surface area contributed by atoms with Crippen LogP contribution in [0.5, 0.6) is 0 Å². The number of halogens is 1. The van der Waals surface area contributed by atoms with E-state index in [1.807, 2.05) is 12.1 Å². The molecule has 4 heteroatoms. The molecule has 0 aromatic heterocycles. The predicted octanol–water partition coefficient (Wildman–Crippen LogP) is 2.38. The van der Waals surface area contributed by atoms with E-state index in [0.29, 0.717) is 11.6 Å². The van der Waals surface area contributed by atoms with Crippen molar-refractivity contribution in [2.24, 2.45) is 5.29 Å². The molecule has 1 aliphatic rings. The molecule has 0 radical (unpaired) electrons. The molecule has 1 aliphatic heterocycles. The van der Waals surface area contributed by atoms with Gasteiger partial charge in [-0.25, -0.2) is 5.01 Å². The van der Waals surface area contributed by atoms with E-state index in [4.69, 9.17) is 11.6 Å². The lowest BCUT2D eigenvalue weighted by Crippen LogP contribution is -2.10. The highest BCUT2D eigenvalue weighted by Crippen LogP contribution is 2.30. The van der Waals surface area contributed by atoms with Gasteiger partial charge in [0.1, 0.15) is 0 Å². The van der Waals surface area contributed by atoms with Gasteiger partial charge in [0.05, 0.1) is 11.0 Å². The number of nitrogens with zero attached hydrogens (tertiary/aromatic N) is 2. The van der Waals surface area contributed by atoms with Crippen molar-refractivity contribution in [1.82, 2.24) is 0 Å². The second-order valence-corrected chi connectivity index (χ2v) is 3.16. The summed E-state index contributed by atoms with van der Waals surface area (Å²) < 4.78 is 0. The van der Waals surface area contributed by atoms with Crippen LogP contribution in [-0.2, 0) is 6.42 Å². The summed E-state index contributed by atoms with van der Waals surface area (Å²) in [7, 11) is 0. The van der Waals surface area contributed by atoms with Gasteiger partial charge < -0.3 is 0 Å². The van der Waals surface area contributed by atoms with Gasteiger partial charge in [-0.05, 0) is 30.2 Å². The predicted molar refractivity (Wildman–Crippen MR) is 48.3 cm³/mol. The van der Waals surface area contributed by atoms with E-state index in [1.54, 1.807) is 6.07 Å². The van der Waals surface area contributed by atoms with Crippen molar-refractivity contribution >= 4 is 17.3 Å². The van der Waals surface area contributed by atoms with Crippen molar-refractivity contribution in [2.75, 3.05) is 11.6 Å². The Morgan fingerprint density at radius 2 is 2.33 bits per heavy atom. The Bertz CT molecular complexity index is 327. The van der Waals surface area contributed by atoms with E-state index in [-0.39, 0.29) is 0 Å². The molecule has 0 aliphatic carbocycles. The summed E-state index contributed by atoms with van der Waals surface area (Å²) in [6.45, 7) is 0.666. The Labute approximate surface area is 74.9 Å². The van der Waals surface area contributed by atoms with E-state index in [1.165, 1.54) is 5.01 Å². The van der Waals surface area contributed by atoms with Crippen molar-refractivity contribution in [3.05, 3.63) is 33.7 Å². The van der Waals surface area contributed by atoms with E-state index in [0.717, 1.165) is 17.7 Å². The van der Waals surface area contributed by atoms with Gasteiger partial charge in [-0.15, -0.1) is 4.91 Å². The zero-order valence-corrected chi connectivity index (χ0v) is 7.08. The monoisotopic (exact) mass is 182 g/mol. The average molecular weight is 183 g/mol. The van der Waals surface area contributed by atoms with Crippen LogP contribution in [0.2, 0.25) is 5.02 Å². The summed E-state index contributed by atoms with van der Waals surface area (Å²) in [6.07, 6.45) is 0.849. The number of anilines is 1.